The summed E-state index contributed by atoms with van der Waals surface area (Å²) in [6.45, 7) is 3.56. The molecule has 1 aliphatic carbocycles. The van der Waals surface area contributed by atoms with Crippen LogP contribution in [0.3, 0.4) is 0 Å². The Morgan fingerprint density at radius 3 is 2.55 bits per heavy atom. The Hall–Kier alpha value is -1.89. The van der Waals surface area contributed by atoms with Crippen LogP contribution in [-0.4, -0.2) is 25.2 Å². The minimum absolute atomic E-state index is 0.229. The van der Waals surface area contributed by atoms with E-state index in [9.17, 15) is 9.59 Å². The van der Waals surface area contributed by atoms with Crippen molar-refractivity contribution in [3.8, 4) is 0 Å². The molecule has 1 fully saturated rings. The summed E-state index contributed by atoms with van der Waals surface area (Å²) in [5.41, 5.74) is 6.11. The lowest BCUT2D eigenvalue weighted by Gasteiger charge is -2.09. The minimum Gasteiger partial charge on any atom is -0.330 e. The van der Waals surface area contributed by atoms with Gasteiger partial charge in [-0.25, -0.2) is 9.78 Å². The Balaban J connectivity index is 2.25. The lowest BCUT2D eigenvalue weighted by molar-refractivity contribution is 0.594. The van der Waals surface area contributed by atoms with Crippen molar-refractivity contribution in [3.63, 3.8) is 0 Å². The normalized spacial score (nSPS) is 14.9. The maximum Gasteiger partial charge on any atom is 0.332 e. The molecule has 0 aromatic carbocycles. The molecule has 0 amide bonds. The molecule has 0 atom stereocenters. The fourth-order valence-electron chi connectivity index (χ4n) is 2.96. The molecule has 7 heteroatoms. The number of aryl methyl sites for hydroxylation is 2. The second-order valence-corrected chi connectivity index (χ2v) is 5.95. The van der Waals surface area contributed by atoms with Crippen LogP contribution >= 0.6 is 0 Å². The third-order valence-corrected chi connectivity index (χ3v) is 4.36. The molecule has 0 spiro atoms. The Morgan fingerprint density at radius 1 is 1.23 bits per heavy atom. The van der Waals surface area contributed by atoms with E-state index in [-0.39, 0.29) is 11.2 Å². The predicted octanol–water partition coefficient (Wildman–Crippen LogP) is 0.533. The van der Waals surface area contributed by atoms with Crippen molar-refractivity contribution in [2.24, 2.45) is 12.8 Å². The molecular weight excluding hydrogens is 282 g/mol. The first-order valence-corrected chi connectivity index (χ1v) is 8.00. The van der Waals surface area contributed by atoms with E-state index in [2.05, 4.69) is 4.98 Å². The van der Waals surface area contributed by atoms with Gasteiger partial charge in [0.15, 0.2) is 11.2 Å². The van der Waals surface area contributed by atoms with Crippen molar-refractivity contribution in [3.05, 3.63) is 26.7 Å². The van der Waals surface area contributed by atoms with Gasteiger partial charge in [-0.15, -0.1) is 0 Å². The number of hydrogen-bond donors (Lipinski definition) is 1. The van der Waals surface area contributed by atoms with Gasteiger partial charge in [-0.3, -0.25) is 13.9 Å². The molecular formula is C15H23N5O2. The smallest absolute Gasteiger partial charge is 0.330 e. The number of hydrogen-bond acceptors (Lipinski definition) is 4. The highest BCUT2D eigenvalue weighted by molar-refractivity contribution is 5.71. The summed E-state index contributed by atoms with van der Waals surface area (Å²) in [5.74, 6) is 1.38. The maximum absolute atomic E-state index is 12.7. The van der Waals surface area contributed by atoms with E-state index in [4.69, 9.17) is 5.73 Å². The Morgan fingerprint density at radius 2 is 1.95 bits per heavy atom. The molecule has 7 nitrogen and oxygen atoms in total. The molecule has 0 saturated heterocycles. The van der Waals surface area contributed by atoms with Crippen molar-refractivity contribution in [2.75, 3.05) is 6.54 Å². The van der Waals surface area contributed by atoms with Crippen LogP contribution in [0, 0.1) is 0 Å². The zero-order valence-corrected chi connectivity index (χ0v) is 13.2. The van der Waals surface area contributed by atoms with Gasteiger partial charge in [-0.05, 0) is 39.2 Å². The van der Waals surface area contributed by atoms with Crippen LogP contribution < -0.4 is 17.0 Å². The number of fused-ring (bicyclic) bond motifs is 1. The second-order valence-electron chi connectivity index (χ2n) is 5.95. The topological polar surface area (TPSA) is 87.8 Å². The molecule has 0 radical (unpaired) electrons. The van der Waals surface area contributed by atoms with Crippen LogP contribution in [0.1, 0.15) is 44.3 Å². The average Bonchev–Trinajstić information content (AvgIpc) is 3.27. The van der Waals surface area contributed by atoms with Gasteiger partial charge in [-0.1, -0.05) is 0 Å². The van der Waals surface area contributed by atoms with E-state index in [1.54, 1.807) is 7.05 Å². The molecule has 22 heavy (non-hydrogen) atoms. The summed E-state index contributed by atoms with van der Waals surface area (Å²) < 4.78 is 4.79. The summed E-state index contributed by atoms with van der Waals surface area (Å²) in [5, 5.41) is 0. The number of aromatic nitrogens is 4. The lowest BCUT2D eigenvalue weighted by atomic mass is 10.3. The van der Waals surface area contributed by atoms with Gasteiger partial charge in [0.2, 0.25) is 0 Å². The Labute approximate surface area is 128 Å². The average molecular weight is 305 g/mol. The first-order valence-electron chi connectivity index (χ1n) is 8.00. The van der Waals surface area contributed by atoms with Crippen LogP contribution in [-0.2, 0) is 20.1 Å². The highest BCUT2D eigenvalue weighted by Crippen LogP contribution is 2.40. The van der Waals surface area contributed by atoms with Crippen LogP contribution in [0.2, 0.25) is 0 Å². The predicted molar refractivity (Wildman–Crippen MR) is 85.2 cm³/mol. The summed E-state index contributed by atoms with van der Waals surface area (Å²) in [4.78, 5) is 29.6. The molecule has 1 aliphatic rings. The zero-order valence-electron chi connectivity index (χ0n) is 13.2. The van der Waals surface area contributed by atoms with Gasteiger partial charge in [0, 0.05) is 26.1 Å². The third kappa shape index (κ3) is 2.29. The van der Waals surface area contributed by atoms with Crippen LogP contribution in [0.25, 0.3) is 11.2 Å². The third-order valence-electron chi connectivity index (χ3n) is 4.36. The molecule has 1 saturated carbocycles. The van der Waals surface area contributed by atoms with Crippen LogP contribution in [0.5, 0.6) is 0 Å². The summed E-state index contributed by atoms with van der Waals surface area (Å²) in [6.07, 6.45) is 4.04. The van der Waals surface area contributed by atoms with Crippen molar-refractivity contribution in [2.45, 2.75) is 51.6 Å². The van der Waals surface area contributed by atoms with Gasteiger partial charge in [0.05, 0.1) is 0 Å². The number of unbranched alkanes of at least 4 members (excludes halogenated alkanes) is 1. The zero-order chi connectivity index (χ0) is 15.9. The summed E-state index contributed by atoms with van der Waals surface area (Å²) in [7, 11) is 1.68. The number of nitrogens with two attached hydrogens (primary N) is 1. The first-order chi connectivity index (χ1) is 10.6. The van der Waals surface area contributed by atoms with Gasteiger partial charge in [0.1, 0.15) is 5.82 Å². The highest BCUT2D eigenvalue weighted by Gasteiger charge is 2.31. The molecule has 120 valence electrons. The second kappa shape index (κ2) is 5.72. The fourth-order valence-corrected chi connectivity index (χ4v) is 2.96. The van der Waals surface area contributed by atoms with Gasteiger partial charge in [-0.2, -0.15) is 0 Å². The molecule has 0 bridgehead atoms. The minimum atomic E-state index is -0.297. The highest BCUT2D eigenvalue weighted by atomic mass is 16.2. The first kappa shape index (κ1) is 15.0. The molecule has 2 aromatic heterocycles. The van der Waals surface area contributed by atoms with Crippen molar-refractivity contribution in [1.82, 2.24) is 18.7 Å². The van der Waals surface area contributed by atoms with E-state index in [1.165, 1.54) is 9.13 Å². The molecule has 2 aromatic rings. The SMILES string of the molecule is CCn1c(=O)c2c(nc(C3CC3)n2CCCCN)n(C)c1=O. The molecule has 0 aliphatic heterocycles. The van der Waals surface area contributed by atoms with Crippen molar-refractivity contribution >= 4 is 11.2 Å². The molecule has 2 N–H and O–H groups in total. The number of nitrogens with zero attached hydrogens (tertiary/aromatic N) is 4. The quantitative estimate of drug-likeness (QED) is 0.789. The van der Waals surface area contributed by atoms with E-state index >= 15 is 0 Å². The van der Waals surface area contributed by atoms with E-state index < -0.39 is 0 Å². The Kier molecular flexibility index (Phi) is 3.90. The molecule has 0 unspecified atom stereocenters. The van der Waals surface area contributed by atoms with Gasteiger partial charge < -0.3 is 10.3 Å². The molecule has 2 heterocycles. The van der Waals surface area contributed by atoms with Crippen molar-refractivity contribution < 1.29 is 0 Å². The van der Waals surface area contributed by atoms with E-state index in [0.717, 1.165) is 38.1 Å². The standard InChI is InChI=1S/C15H23N5O2/c1-3-19-14(21)11-13(18(2)15(19)22)17-12(10-6-7-10)20(11)9-5-4-8-16/h10H,3-9,16H2,1-2H3. The van der Waals surface area contributed by atoms with Crippen LogP contribution in [0.15, 0.2) is 9.59 Å². The fraction of sp³-hybridized carbons (Fsp3) is 0.667. The Bertz CT molecular complexity index is 810. The summed E-state index contributed by atoms with van der Waals surface area (Å²) >= 11 is 0. The molecule has 3 rings (SSSR count). The van der Waals surface area contributed by atoms with Crippen LogP contribution in [0.4, 0.5) is 0 Å². The van der Waals surface area contributed by atoms with Gasteiger partial charge in [0.25, 0.3) is 5.56 Å². The van der Waals surface area contributed by atoms with E-state index in [0.29, 0.717) is 30.2 Å². The lowest BCUT2D eigenvalue weighted by Crippen LogP contribution is -2.39. The maximum atomic E-state index is 12.7. The summed E-state index contributed by atoms with van der Waals surface area (Å²) in [6, 6.07) is 0. The number of imidazole rings is 1. The monoisotopic (exact) mass is 305 g/mol. The van der Waals surface area contributed by atoms with Gasteiger partial charge >= 0.3 is 5.69 Å². The van der Waals surface area contributed by atoms with Crippen molar-refractivity contribution in [1.29, 1.82) is 0 Å². The number of rotatable bonds is 6. The van der Waals surface area contributed by atoms with E-state index in [1.807, 2.05) is 11.5 Å². The largest absolute Gasteiger partial charge is 0.332 e.